The Morgan fingerprint density at radius 3 is 2.38 bits per heavy atom. The van der Waals surface area contributed by atoms with Crippen LogP contribution in [0.5, 0.6) is 5.75 Å². The van der Waals surface area contributed by atoms with Crippen molar-refractivity contribution in [2.24, 2.45) is 0 Å². The number of aryl methyl sites for hydroxylation is 2. The van der Waals surface area contributed by atoms with Gasteiger partial charge in [-0.05, 0) is 65.6 Å². The number of thioether (sulfide) groups is 1. The Labute approximate surface area is 190 Å². The van der Waals surface area contributed by atoms with Crippen LogP contribution in [0.1, 0.15) is 21.5 Å². The maximum absolute atomic E-state index is 13.3. The van der Waals surface area contributed by atoms with E-state index in [1.54, 1.807) is 46.7 Å². The zero-order chi connectivity index (χ0) is 22.5. The van der Waals surface area contributed by atoms with Gasteiger partial charge in [0.05, 0.1) is 5.52 Å². The van der Waals surface area contributed by atoms with Crippen molar-refractivity contribution >= 4 is 28.6 Å². The monoisotopic (exact) mass is 444 g/mol. The smallest absolute Gasteiger partial charge is 0.263 e. The molecule has 0 saturated carbocycles. The number of benzene rings is 3. The first-order chi connectivity index (χ1) is 15.5. The molecule has 1 amide bonds. The van der Waals surface area contributed by atoms with Crippen LogP contribution in [-0.2, 0) is 19.5 Å². The number of nitrogens with one attached hydrogen (secondary N) is 1. The maximum atomic E-state index is 13.3. The number of hydrogen-bond donors (Lipinski definition) is 2. The number of fused-ring (bicyclic) bond motifs is 1. The first-order valence-corrected chi connectivity index (χ1v) is 11.6. The molecule has 0 unspecified atom stereocenters. The third-order valence-electron chi connectivity index (χ3n) is 5.42. The van der Waals surface area contributed by atoms with Crippen LogP contribution in [0.25, 0.3) is 10.9 Å². The van der Waals surface area contributed by atoms with E-state index in [0.717, 1.165) is 22.0 Å². The van der Waals surface area contributed by atoms with Crippen molar-refractivity contribution < 1.29 is 9.90 Å². The fourth-order valence-electron chi connectivity index (χ4n) is 3.64. The van der Waals surface area contributed by atoms with E-state index in [-0.39, 0.29) is 23.4 Å². The summed E-state index contributed by atoms with van der Waals surface area (Å²) in [6.45, 7) is 0.754. The van der Waals surface area contributed by atoms with Gasteiger partial charge in [0.2, 0.25) is 0 Å². The summed E-state index contributed by atoms with van der Waals surface area (Å²) in [6.07, 6.45) is 2.73. The third kappa shape index (κ3) is 4.86. The number of pyridine rings is 1. The number of aromatic nitrogens is 1. The lowest BCUT2D eigenvalue weighted by atomic mass is 10.1. The van der Waals surface area contributed by atoms with Crippen LogP contribution in [-0.4, -0.2) is 21.8 Å². The Hall–Kier alpha value is -3.51. The fourth-order valence-corrected chi connectivity index (χ4v) is 4.04. The van der Waals surface area contributed by atoms with Crippen LogP contribution >= 0.6 is 11.8 Å². The van der Waals surface area contributed by atoms with Gasteiger partial charge in [-0.25, -0.2) is 0 Å². The van der Waals surface area contributed by atoms with Crippen LogP contribution in [0.4, 0.5) is 0 Å². The molecule has 1 heterocycles. The molecular weight excluding hydrogens is 420 g/mol. The van der Waals surface area contributed by atoms with Crippen molar-refractivity contribution in [3.8, 4) is 5.75 Å². The molecule has 4 aromatic rings. The van der Waals surface area contributed by atoms with E-state index in [1.165, 1.54) is 4.90 Å². The first-order valence-electron chi connectivity index (χ1n) is 10.4. The summed E-state index contributed by atoms with van der Waals surface area (Å²) >= 11 is 1.69. The summed E-state index contributed by atoms with van der Waals surface area (Å²) in [5.41, 5.74) is 2.62. The van der Waals surface area contributed by atoms with E-state index < -0.39 is 5.91 Å². The molecule has 0 spiro atoms. The number of rotatable bonds is 7. The van der Waals surface area contributed by atoms with Gasteiger partial charge in [-0.1, -0.05) is 42.5 Å². The van der Waals surface area contributed by atoms with E-state index >= 15 is 0 Å². The quantitative estimate of drug-likeness (QED) is 0.409. The van der Waals surface area contributed by atoms with Crippen LogP contribution in [0.15, 0.2) is 88.6 Å². The summed E-state index contributed by atoms with van der Waals surface area (Å²) in [5, 5.41) is 13.1. The molecule has 32 heavy (non-hydrogen) atoms. The van der Waals surface area contributed by atoms with Crippen molar-refractivity contribution in [2.45, 2.75) is 24.4 Å². The highest BCUT2D eigenvalue weighted by molar-refractivity contribution is 7.98. The Morgan fingerprint density at radius 2 is 1.66 bits per heavy atom. The summed E-state index contributed by atoms with van der Waals surface area (Å²) in [5.74, 6) is -0.243. The number of phenolic OH excluding ortho intramolecular Hbond substituents is 1. The van der Waals surface area contributed by atoms with Crippen LogP contribution in [0, 0.1) is 0 Å². The molecule has 162 valence electrons. The average Bonchev–Trinajstić information content (AvgIpc) is 2.83. The van der Waals surface area contributed by atoms with Gasteiger partial charge in [-0.3, -0.25) is 9.59 Å². The van der Waals surface area contributed by atoms with Gasteiger partial charge in [-0.15, -0.1) is 11.8 Å². The van der Waals surface area contributed by atoms with E-state index in [0.29, 0.717) is 13.0 Å². The molecule has 1 aromatic heterocycles. The molecule has 4 rings (SSSR count). The lowest BCUT2D eigenvalue weighted by molar-refractivity contribution is 0.0949. The highest BCUT2D eigenvalue weighted by Crippen LogP contribution is 2.17. The lowest BCUT2D eigenvalue weighted by Crippen LogP contribution is -2.33. The van der Waals surface area contributed by atoms with Gasteiger partial charge >= 0.3 is 0 Å². The zero-order valence-corrected chi connectivity index (χ0v) is 18.6. The molecule has 2 N–H and O–H groups in total. The van der Waals surface area contributed by atoms with Crippen molar-refractivity contribution in [1.82, 2.24) is 9.88 Å². The van der Waals surface area contributed by atoms with Gasteiger partial charge in [0, 0.05) is 18.0 Å². The van der Waals surface area contributed by atoms with Crippen LogP contribution in [0.2, 0.25) is 0 Å². The summed E-state index contributed by atoms with van der Waals surface area (Å²) in [7, 11) is 0. The number of phenols is 1. The van der Waals surface area contributed by atoms with Crippen molar-refractivity contribution in [3.05, 3.63) is 106 Å². The van der Waals surface area contributed by atoms with Crippen molar-refractivity contribution in [3.63, 3.8) is 0 Å². The first kappa shape index (κ1) is 21.7. The molecule has 0 bridgehead atoms. The predicted octanol–water partition coefficient (Wildman–Crippen LogP) is 4.60. The maximum Gasteiger partial charge on any atom is 0.263 e. The highest BCUT2D eigenvalue weighted by atomic mass is 32.2. The second-order valence-corrected chi connectivity index (χ2v) is 8.40. The lowest BCUT2D eigenvalue weighted by Gasteiger charge is -2.13. The summed E-state index contributed by atoms with van der Waals surface area (Å²) < 4.78 is 1.69. The SMILES string of the molecule is CSc1ccc(CCn2c(=O)c(C(=O)NCc3ccc(O)cc3)cc3ccccc32)cc1. The van der Waals surface area contributed by atoms with E-state index in [4.69, 9.17) is 0 Å². The van der Waals surface area contributed by atoms with Gasteiger partial charge < -0.3 is 15.0 Å². The second-order valence-electron chi connectivity index (χ2n) is 7.52. The van der Waals surface area contributed by atoms with E-state index in [2.05, 4.69) is 29.6 Å². The minimum Gasteiger partial charge on any atom is -0.508 e. The molecule has 3 aromatic carbocycles. The van der Waals surface area contributed by atoms with E-state index in [1.807, 2.05) is 30.5 Å². The molecule has 0 fully saturated rings. The molecule has 0 aliphatic carbocycles. The molecule has 0 saturated heterocycles. The number of amides is 1. The third-order valence-corrected chi connectivity index (χ3v) is 6.16. The Morgan fingerprint density at radius 1 is 0.969 bits per heavy atom. The number of carbonyl (C=O) groups is 1. The van der Waals surface area contributed by atoms with Crippen molar-refractivity contribution in [1.29, 1.82) is 0 Å². The zero-order valence-electron chi connectivity index (χ0n) is 17.7. The van der Waals surface area contributed by atoms with Crippen molar-refractivity contribution in [2.75, 3.05) is 6.26 Å². The topological polar surface area (TPSA) is 71.3 Å². The van der Waals surface area contributed by atoms with Gasteiger partial charge in [0.15, 0.2) is 0 Å². The fraction of sp³-hybridized carbons (Fsp3) is 0.154. The van der Waals surface area contributed by atoms with Gasteiger partial charge in [0.1, 0.15) is 11.3 Å². The van der Waals surface area contributed by atoms with Crippen LogP contribution in [0.3, 0.4) is 0 Å². The van der Waals surface area contributed by atoms with Gasteiger partial charge in [-0.2, -0.15) is 0 Å². The average molecular weight is 445 g/mol. The Balaban J connectivity index is 1.60. The standard InChI is InChI=1S/C26H24N2O3S/c1-32-22-12-8-18(9-13-22)14-15-28-24-5-3-2-4-20(24)16-23(26(28)31)25(30)27-17-19-6-10-21(29)11-7-19/h2-13,16,29H,14-15,17H2,1H3,(H,27,30). The minimum atomic E-state index is -0.410. The largest absolute Gasteiger partial charge is 0.508 e. The molecule has 0 atom stereocenters. The Kier molecular flexibility index (Phi) is 6.61. The normalized spacial score (nSPS) is 10.9. The molecule has 5 nitrogen and oxygen atoms in total. The summed E-state index contributed by atoms with van der Waals surface area (Å²) in [6, 6.07) is 24.2. The number of carbonyl (C=O) groups excluding carboxylic acids is 1. The predicted molar refractivity (Wildman–Crippen MR) is 129 cm³/mol. The van der Waals surface area contributed by atoms with E-state index in [9.17, 15) is 14.7 Å². The molecular formula is C26H24N2O3S. The number of para-hydroxylation sites is 1. The Bertz CT molecular complexity index is 1300. The summed E-state index contributed by atoms with van der Waals surface area (Å²) in [4.78, 5) is 27.3. The molecule has 0 aliphatic heterocycles. The highest BCUT2D eigenvalue weighted by Gasteiger charge is 2.15. The molecule has 0 aliphatic rings. The number of nitrogens with zero attached hydrogens (tertiary/aromatic N) is 1. The number of aromatic hydroxyl groups is 1. The molecule has 6 heteroatoms. The second kappa shape index (κ2) is 9.75. The number of hydrogen-bond acceptors (Lipinski definition) is 4. The van der Waals surface area contributed by atoms with Crippen LogP contribution < -0.4 is 10.9 Å². The van der Waals surface area contributed by atoms with Gasteiger partial charge in [0.25, 0.3) is 11.5 Å². The molecule has 0 radical (unpaired) electrons. The minimum absolute atomic E-state index is 0.125.